The van der Waals surface area contributed by atoms with E-state index < -0.39 is 0 Å². The predicted octanol–water partition coefficient (Wildman–Crippen LogP) is 3.27. The number of benzene rings is 1. The zero-order valence-electron chi connectivity index (χ0n) is 9.89. The van der Waals surface area contributed by atoms with Gasteiger partial charge in [-0.05, 0) is 22.8 Å². The van der Waals surface area contributed by atoms with Crippen molar-refractivity contribution in [3.8, 4) is 11.1 Å². The van der Waals surface area contributed by atoms with Crippen LogP contribution in [0.2, 0.25) is 0 Å². The number of carbonyl (C=O) groups is 1. The molecule has 2 nitrogen and oxygen atoms in total. The molecule has 0 radical (unpaired) electrons. The van der Waals surface area contributed by atoms with E-state index in [2.05, 4.69) is 4.98 Å². The molecule has 0 saturated heterocycles. The first-order valence-electron chi connectivity index (χ1n) is 5.80. The van der Waals surface area contributed by atoms with Crippen LogP contribution in [0.1, 0.15) is 18.9 Å². The highest BCUT2D eigenvalue weighted by molar-refractivity contribution is 5.80. The second-order valence-electron chi connectivity index (χ2n) is 4.01. The summed E-state index contributed by atoms with van der Waals surface area (Å²) in [5.74, 6) is 0.277. The van der Waals surface area contributed by atoms with Crippen molar-refractivity contribution in [2.75, 3.05) is 0 Å². The van der Waals surface area contributed by atoms with E-state index in [1.807, 2.05) is 49.5 Å². The van der Waals surface area contributed by atoms with Gasteiger partial charge in [0.2, 0.25) is 0 Å². The Morgan fingerprint density at radius 2 is 1.88 bits per heavy atom. The van der Waals surface area contributed by atoms with Gasteiger partial charge in [0.05, 0.1) is 0 Å². The molecule has 0 amide bonds. The van der Waals surface area contributed by atoms with Crippen LogP contribution in [0.3, 0.4) is 0 Å². The van der Waals surface area contributed by atoms with E-state index >= 15 is 0 Å². The lowest BCUT2D eigenvalue weighted by Crippen LogP contribution is -1.99. The number of rotatable bonds is 4. The van der Waals surface area contributed by atoms with E-state index in [1.165, 1.54) is 0 Å². The summed E-state index contributed by atoms with van der Waals surface area (Å²) in [5, 5.41) is 0. The second kappa shape index (κ2) is 5.39. The van der Waals surface area contributed by atoms with Crippen molar-refractivity contribution in [1.29, 1.82) is 0 Å². The summed E-state index contributed by atoms with van der Waals surface area (Å²) >= 11 is 0. The molecule has 0 N–H and O–H groups in total. The Morgan fingerprint density at radius 1 is 1.12 bits per heavy atom. The first-order valence-corrected chi connectivity index (χ1v) is 5.80. The van der Waals surface area contributed by atoms with Crippen LogP contribution in [-0.2, 0) is 11.2 Å². The topological polar surface area (TPSA) is 30.0 Å². The van der Waals surface area contributed by atoms with Gasteiger partial charge in [-0.15, -0.1) is 0 Å². The average Bonchev–Trinajstić information content (AvgIpc) is 2.40. The second-order valence-corrected chi connectivity index (χ2v) is 4.01. The number of aromatic nitrogens is 1. The Balaban J connectivity index is 2.16. The maximum absolute atomic E-state index is 11.3. The molecule has 0 unspecified atom stereocenters. The third-order valence-corrected chi connectivity index (χ3v) is 2.74. The largest absolute Gasteiger partial charge is 0.299 e. The van der Waals surface area contributed by atoms with Crippen LogP contribution in [-0.4, -0.2) is 10.8 Å². The molecule has 0 bridgehead atoms. The molecule has 0 aliphatic rings. The van der Waals surface area contributed by atoms with E-state index in [0.29, 0.717) is 12.8 Å². The Kier molecular flexibility index (Phi) is 3.66. The van der Waals surface area contributed by atoms with Gasteiger partial charge < -0.3 is 0 Å². The average molecular weight is 225 g/mol. The summed E-state index contributed by atoms with van der Waals surface area (Å²) < 4.78 is 0. The lowest BCUT2D eigenvalue weighted by Gasteiger charge is -2.03. The fourth-order valence-electron chi connectivity index (χ4n) is 1.70. The van der Waals surface area contributed by atoms with Crippen molar-refractivity contribution < 1.29 is 4.79 Å². The molecule has 2 aromatic rings. The van der Waals surface area contributed by atoms with Crippen molar-refractivity contribution in [2.24, 2.45) is 0 Å². The monoisotopic (exact) mass is 225 g/mol. The van der Waals surface area contributed by atoms with Gasteiger partial charge >= 0.3 is 0 Å². The minimum absolute atomic E-state index is 0.277. The van der Waals surface area contributed by atoms with E-state index in [0.717, 1.165) is 16.7 Å². The van der Waals surface area contributed by atoms with E-state index in [4.69, 9.17) is 0 Å². The molecule has 0 atom stereocenters. The van der Waals surface area contributed by atoms with Crippen LogP contribution < -0.4 is 0 Å². The van der Waals surface area contributed by atoms with Gasteiger partial charge in [0.15, 0.2) is 0 Å². The summed E-state index contributed by atoms with van der Waals surface area (Å²) in [5.41, 5.74) is 3.30. The van der Waals surface area contributed by atoms with Gasteiger partial charge in [0, 0.05) is 25.2 Å². The molecular formula is C15H15NO. The number of nitrogens with zero attached hydrogens (tertiary/aromatic N) is 1. The van der Waals surface area contributed by atoms with Crippen LogP contribution in [0, 0.1) is 0 Å². The molecule has 1 aromatic heterocycles. The van der Waals surface area contributed by atoms with E-state index in [9.17, 15) is 4.79 Å². The maximum Gasteiger partial charge on any atom is 0.136 e. The van der Waals surface area contributed by atoms with Crippen molar-refractivity contribution in [2.45, 2.75) is 19.8 Å². The van der Waals surface area contributed by atoms with Crippen LogP contribution in [0.5, 0.6) is 0 Å². The number of Topliss-reactive ketones (excluding diaryl/α,β-unsaturated/α-hetero) is 1. The quantitative estimate of drug-likeness (QED) is 0.799. The number of carbonyl (C=O) groups excluding carboxylic acids is 1. The number of hydrogen-bond acceptors (Lipinski definition) is 2. The predicted molar refractivity (Wildman–Crippen MR) is 68.7 cm³/mol. The van der Waals surface area contributed by atoms with Gasteiger partial charge in [-0.2, -0.15) is 0 Å². The fourth-order valence-corrected chi connectivity index (χ4v) is 1.70. The Labute approximate surface area is 101 Å². The standard InChI is InChI=1S/C15H15NO/c1-2-15(17)10-12-5-7-13(8-6-12)14-4-3-9-16-11-14/h3-9,11H,2,10H2,1H3. The molecule has 0 aliphatic carbocycles. The minimum Gasteiger partial charge on any atom is -0.299 e. The molecule has 0 aliphatic heterocycles. The van der Waals surface area contributed by atoms with Gasteiger partial charge in [-0.3, -0.25) is 9.78 Å². The van der Waals surface area contributed by atoms with Crippen LogP contribution in [0.25, 0.3) is 11.1 Å². The molecule has 1 heterocycles. The Morgan fingerprint density at radius 3 is 2.47 bits per heavy atom. The molecule has 86 valence electrons. The van der Waals surface area contributed by atoms with Gasteiger partial charge in [0.25, 0.3) is 0 Å². The van der Waals surface area contributed by atoms with E-state index in [-0.39, 0.29) is 5.78 Å². The maximum atomic E-state index is 11.3. The molecule has 17 heavy (non-hydrogen) atoms. The highest BCUT2D eigenvalue weighted by Gasteiger charge is 2.01. The highest BCUT2D eigenvalue weighted by atomic mass is 16.1. The fraction of sp³-hybridized carbons (Fsp3) is 0.200. The minimum atomic E-state index is 0.277. The zero-order chi connectivity index (χ0) is 12.1. The van der Waals surface area contributed by atoms with Crippen LogP contribution in [0.4, 0.5) is 0 Å². The normalized spacial score (nSPS) is 10.2. The first kappa shape index (κ1) is 11.5. The molecule has 0 saturated carbocycles. The zero-order valence-corrected chi connectivity index (χ0v) is 9.89. The lowest BCUT2D eigenvalue weighted by atomic mass is 10.0. The van der Waals surface area contributed by atoms with Gasteiger partial charge in [0.1, 0.15) is 5.78 Å². The molecule has 0 spiro atoms. The third kappa shape index (κ3) is 3.00. The lowest BCUT2D eigenvalue weighted by molar-refractivity contribution is -0.118. The summed E-state index contributed by atoms with van der Waals surface area (Å²) in [6.45, 7) is 1.90. The van der Waals surface area contributed by atoms with E-state index in [1.54, 1.807) is 6.20 Å². The first-order chi connectivity index (χ1) is 8.29. The number of ketones is 1. The molecular weight excluding hydrogens is 210 g/mol. The Bertz CT molecular complexity index is 488. The van der Waals surface area contributed by atoms with Crippen molar-refractivity contribution >= 4 is 5.78 Å². The van der Waals surface area contributed by atoms with Gasteiger partial charge in [-0.25, -0.2) is 0 Å². The SMILES string of the molecule is CCC(=O)Cc1ccc(-c2cccnc2)cc1. The highest BCUT2D eigenvalue weighted by Crippen LogP contribution is 2.18. The number of hydrogen-bond donors (Lipinski definition) is 0. The van der Waals surface area contributed by atoms with Crippen LogP contribution >= 0.6 is 0 Å². The summed E-state index contributed by atoms with van der Waals surface area (Å²) in [7, 11) is 0. The summed E-state index contributed by atoms with van der Waals surface area (Å²) in [6.07, 6.45) is 4.73. The summed E-state index contributed by atoms with van der Waals surface area (Å²) in [4.78, 5) is 15.4. The van der Waals surface area contributed by atoms with Crippen molar-refractivity contribution in [3.05, 3.63) is 54.4 Å². The molecule has 1 aromatic carbocycles. The molecule has 2 heteroatoms. The van der Waals surface area contributed by atoms with Crippen molar-refractivity contribution in [1.82, 2.24) is 4.98 Å². The molecule has 0 fully saturated rings. The van der Waals surface area contributed by atoms with Crippen molar-refractivity contribution in [3.63, 3.8) is 0 Å². The summed E-state index contributed by atoms with van der Waals surface area (Å²) in [6, 6.07) is 12.0. The smallest absolute Gasteiger partial charge is 0.136 e. The van der Waals surface area contributed by atoms with Gasteiger partial charge in [-0.1, -0.05) is 37.3 Å². The third-order valence-electron chi connectivity index (χ3n) is 2.74. The van der Waals surface area contributed by atoms with Crippen LogP contribution in [0.15, 0.2) is 48.8 Å². The Hall–Kier alpha value is -1.96. The molecule has 2 rings (SSSR count). The number of pyridine rings is 1.